The van der Waals surface area contributed by atoms with E-state index in [2.05, 4.69) is 11.9 Å². The van der Waals surface area contributed by atoms with E-state index in [0.717, 1.165) is 76.3 Å². The number of likely N-dealkylation sites (N-methyl/N-ethyl adjacent to an activating group) is 1. The molecule has 4 heterocycles. The lowest BCUT2D eigenvalue weighted by Gasteiger charge is -2.37. The zero-order valence-electron chi connectivity index (χ0n) is 18.9. The highest BCUT2D eigenvalue weighted by atomic mass is 32.2. The molecule has 0 spiro atoms. The predicted molar refractivity (Wildman–Crippen MR) is 124 cm³/mol. The van der Waals surface area contributed by atoms with Gasteiger partial charge < -0.3 is 14.7 Å². The minimum atomic E-state index is -3.64. The summed E-state index contributed by atoms with van der Waals surface area (Å²) in [6.45, 7) is 5.44. The Labute approximate surface area is 195 Å². The van der Waals surface area contributed by atoms with E-state index in [1.165, 1.54) is 10.4 Å². The fourth-order valence-electron chi connectivity index (χ4n) is 4.78. The number of sulfonamides is 1. The average molecular weight is 483 g/mol. The van der Waals surface area contributed by atoms with Gasteiger partial charge >= 0.3 is 0 Å². The van der Waals surface area contributed by atoms with E-state index in [9.17, 15) is 18.0 Å². The zero-order chi connectivity index (χ0) is 22.7. The van der Waals surface area contributed by atoms with Gasteiger partial charge in [-0.1, -0.05) is 12.8 Å². The van der Waals surface area contributed by atoms with Crippen molar-refractivity contribution in [1.29, 1.82) is 0 Å². The van der Waals surface area contributed by atoms with Crippen molar-refractivity contribution in [1.82, 2.24) is 19.0 Å². The summed E-state index contributed by atoms with van der Waals surface area (Å²) in [4.78, 5) is 31.7. The molecule has 4 rings (SSSR count). The number of likely N-dealkylation sites (tertiary alicyclic amines) is 1. The Hall–Kier alpha value is -1.49. The van der Waals surface area contributed by atoms with Gasteiger partial charge in [0.05, 0.1) is 5.56 Å². The number of hydrogen-bond acceptors (Lipinski definition) is 6. The summed E-state index contributed by atoms with van der Waals surface area (Å²) in [5.41, 5.74) is 0.468. The molecule has 0 saturated carbocycles. The van der Waals surface area contributed by atoms with Crippen LogP contribution in [0, 0.1) is 5.92 Å². The molecule has 8 nitrogen and oxygen atoms in total. The summed E-state index contributed by atoms with van der Waals surface area (Å²) < 4.78 is 28.1. The lowest BCUT2D eigenvalue weighted by Crippen LogP contribution is -2.50. The second kappa shape index (κ2) is 10.2. The molecule has 3 aliphatic heterocycles. The number of thiophene rings is 1. The number of amides is 2. The first-order chi connectivity index (χ1) is 15.4. The highest BCUT2D eigenvalue weighted by Crippen LogP contribution is 2.29. The molecule has 1 aromatic rings. The number of piperazine rings is 1. The van der Waals surface area contributed by atoms with Crippen molar-refractivity contribution in [2.45, 2.75) is 42.7 Å². The highest BCUT2D eigenvalue weighted by molar-refractivity contribution is 7.91. The first kappa shape index (κ1) is 23.7. The summed E-state index contributed by atoms with van der Waals surface area (Å²) in [7, 11) is -1.59. The van der Waals surface area contributed by atoms with Gasteiger partial charge in [0.25, 0.3) is 15.9 Å². The van der Waals surface area contributed by atoms with Crippen LogP contribution in [0.5, 0.6) is 0 Å². The van der Waals surface area contributed by atoms with Crippen molar-refractivity contribution in [3.63, 3.8) is 0 Å². The Balaban J connectivity index is 1.35. The zero-order valence-corrected chi connectivity index (χ0v) is 20.5. The molecule has 3 saturated heterocycles. The summed E-state index contributed by atoms with van der Waals surface area (Å²) in [6.07, 6.45) is 5.39. The standard InChI is InChI=1S/C22H34N4O4S2/c1-23-12-14-25(15-13-23)21(27)18-6-10-26(11-7-18)32(29,30)20-16-19(17-31-20)22(28)24-8-4-2-3-5-9-24/h16-18H,2-15H2,1H3. The van der Waals surface area contributed by atoms with E-state index in [1.54, 1.807) is 5.38 Å². The number of rotatable bonds is 4. The van der Waals surface area contributed by atoms with Crippen molar-refractivity contribution >= 4 is 33.2 Å². The van der Waals surface area contributed by atoms with E-state index in [1.807, 2.05) is 9.80 Å². The molecule has 3 aliphatic rings. The monoisotopic (exact) mass is 482 g/mol. The summed E-state index contributed by atoms with van der Waals surface area (Å²) in [6, 6.07) is 1.54. The molecular weight excluding hydrogens is 448 g/mol. The molecule has 1 aromatic heterocycles. The van der Waals surface area contributed by atoms with Crippen molar-refractivity contribution in [3.05, 3.63) is 17.0 Å². The molecular formula is C22H34N4O4S2. The number of piperidine rings is 1. The third kappa shape index (κ3) is 5.18. The number of carbonyl (C=O) groups is 2. The second-order valence-corrected chi connectivity index (χ2v) is 12.2. The summed E-state index contributed by atoms with van der Waals surface area (Å²) >= 11 is 1.12. The highest BCUT2D eigenvalue weighted by Gasteiger charge is 2.35. The minimum absolute atomic E-state index is 0.0684. The van der Waals surface area contributed by atoms with Gasteiger partial charge in [-0.05, 0) is 38.8 Å². The molecule has 10 heteroatoms. The molecule has 0 aliphatic carbocycles. The van der Waals surface area contributed by atoms with Crippen LogP contribution in [0.2, 0.25) is 0 Å². The Kier molecular flexibility index (Phi) is 7.54. The van der Waals surface area contributed by atoms with Gasteiger partial charge in [0.2, 0.25) is 5.91 Å². The van der Waals surface area contributed by atoms with Crippen LogP contribution in [0.25, 0.3) is 0 Å². The second-order valence-electron chi connectivity index (χ2n) is 9.17. The van der Waals surface area contributed by atoms with Crippen molar-refractivity contribution in [2.75, 3.05) is 59.4 Å². The van der Waals surface area contributed by atoms with E-state index in [0.29, 0.717) is 31.5 Å². The van der Waals surface area contributed by atoms with Gasteiger partial charge in [-0.25, -0.2) is 8.42 Å². The molecule has 32 heavy (non-hydrogen) atoms. The maximum Gasteiger partial charge on any atom is 0.254 e. The van der Waals surface area contributed by atoms with E-state index in [-0.39, 0.29) is 21.9 Å². The molecule has 0 unspecified atom stereocenters. The van der Waals surface area contributed by atoms with Crippen LogP contribution in [0.1, 0.15) is 48.9 Å². The van der Waals surface area contributed by atoms with Crippen LogP contribution in [-0.4, -0.2) is 98.6 Å². The largest absolute Gasteiger partial charge is 0.340 e. The van der Waals surface area contributed by atoms with E-state index < -0.39 is 10.0 Å². The van der Waals surface area contributed by atoms with Gasteiger partial charge in [-0.2, -0.15) is 4.31 Å². The molecule has 178 valence electrons. The topological polar surface area (TPSA) is 81.2 Å². The maximum atomic E-state index is 13.2. The minimum Gasteiger partial charge on any atom is -0.340 e. The third-order valence-electron chi connectivity index (χ3n) is 6.93. The van der Waals surface area contributed by atoms with Gasteiger partial charge in [-0.15, -0.1) is 11.3 Å². The van der Waals surface area contributed by atoms with E-state index >= 15 is 0 Å². The van der Waals surface area contributed by atoms with Crippen LogP contribution in [0.4, 0.5) is 0 Å². The Morgan fingerprint density at radius 2 is 1.50 bits per heavy atom. The summed E-state index contributed by atoms with van der Waals surface area (Å²) in [5, 5.41) is 1.67. The van der Waals surface area contributed by atoms with Crippen LogP contribution >= 0.6 is 11.3 Å². The van der Waals surface area contributed by atoms with Crippen molar-refractivity contribution in [2.24, 2.45) is 5.92 Å². The van der Waals surface area contributed by atoms with Crippen LogP contribution in [0.3, 0.4) is 0 Å². The van der Waals surface area contributed by atoms with Gasteiger partial charge in [-0.3, -0.25) is 9.59 Å². The lowest BCUT2D eigenvalue weighted by molar-refractivity contribution is -0.138. The molecule has 3 fully saturated rings. The first-order valence-corrected chi connectivity index (χ1v) is 14.0. The normalized spacial score (nSPS) is 22.7. The molecule has 0 bridgehead atoms. The third-order valence-corrected chi connectivity index (χ3v) is 10.2. The van der Waals surface area contributed by atoms with Crippen molar-refractivity contribution < 1.29 is 18.0 Å². The molecule has 0 aromatic carbocycles. The Bertz CT molecular complexity index is 908. The quantitative estimate of drug-likeness (QED) is 0.655. The fraction of sp³-hybridized carbons (Fsp3) is 0.727. The van der Waals surface area contributed by atoms with Crippen LogP contribution < -0.4 is 0 Å². The Morgan fingerprint density at radius 1 is 0.875 bits per heavy atom. The summed E-state index contributed by atoms with van der Waals surface area (Å²) in [5.74, 6) is -0.00828. The number of nitrogens with zero attached hydrogens (tertiary/aromatic N) is 4. The van der Waals surface area contributed by atoms with Gasteiger partial charge in [0.15, 0.2) is 0 Å². The smallest absolute Gasteiger partial charge is 0.254 e. The molecule has 2 amide bonds. The van der Waals surface area contributed by atoms with Crippen LogP contribution in [0.15, 0.2) is 15.7 Å². The fourth-order valence-corrected chi connectivity index (χ4v) is 7.55. The van der Waals surface area contributed by atoms with Crippen LogP contribution in [-0.2, 0) is 14.8 Å². The van der Waals surface area contributed by atoms with E-state index in [4.69, 9.17) is 0 Å². The Morgan fingerprint density at radius 3 is 2.12 bits per heavy atom. The van der Waals surface area contributed by atoms with Crippen molar-refractivity contribution in [3.8, 4) is 0 Å². The van der Waals surface area contributed by atoms with Gasteiger partial charge in [0.1, 0.15) is 4.21 Å². The number of hydrogen-bond donors (Lipinski definition) is 0. The molecule has 0 atom stereocenters. The maximum absolute atomic E-state index is 13.2. The molecule has 0 radical (unpaired) electrons. The molecule has 0 N–H and O–H groups in total. The predicted octanol–water partition coefficient (Wildman–Crippen LogP) is 1.94. The number of carbonyl (C=O) groups excluding carboxylic acids is 2. The SMILES string of the molecule is CN1CCN(C(=O)C2CCN(S(=O)(=O)c3cc(C(=O)N4CCCCCC4)cs3)CC2)CC1. The lowest BCUT2D eigenvalue weighted by atomic mass is 9.96. The average Bonchev–Trinajstić information content (AvgIpc) is 3.16. The first-order valence-electron chi connectivity index (χ1n) is 11.7. The van der Waals surface area contributed by atoms with Gasteiger partial charge in [0, 0.05) is 63.7 Å².